The Labute approximate surface area is 132 Å². The topological polar surface area (TPSA) is 35.5 Å². The molecular formula is C18H38N2O. The standard InChI is InChI=1S/C18H38N2O/c1-4-8-16-9-10-18(19-11-5-2)17(14-16)15-20(6-3)12-7-13-21/h16-19,21H,4-15H2,1-3H3. The Hall–Kier alpha value is -0.120. The van der Waals surface area contributed by atoms with Gasteiger partial charge in [-0.3, -0.25) is 0 Å². The van der Waals surface area contributed by atoms with E-state index in [1.54, 1.807) is 0 Å². The number of rotatable bonds is 11. The maximum Gasteiger partial charge on any atom is 0.0443 e. The third-order valence-electron chi connectivity index (χ3n) is 5.02. The fraction of sp³-hybridized carbons (Fsp3) is 1.00. The monoisotopic (exact) mass is 298 g/mol. The van der Waals surface area contributed by atoms with E-state index in [9.17, 15) is 0 Å². The lowest BCUT2D eigenvalue weighted by Crippen LogP contribution is -2.46. The molecular weight excluding hydrogens is 260 g/mol. The molecule has 3 atom stereocenters. The molecule has 0 saturated heterocycles. The molecule has 0 aliphatic heterocycles. The minimum Gasteiger partial charge on any atom is -0.396 e. The Bertz CT molecular complexity index is 247. The number of aliphatic hydroxyl groups is 1. The molecule has 1 rings (SSSR count). The highest BCUT2D eigenvalue weighted by molar-refractivity contribution is 4.86. The summed E-state index contributed by atoms with van der Waals surface area (Å²) in [6.45, 7) is 11.6. The molecule has 0 heterocycles. The van der Waals surface area contributed by atoms with E-state index in [4.69, 9.17) is 5.11 Å². The van der Waals surface area contributed by atoms with Gasteiger partial charge in [-0.1, -0.05) is 33.6 Å². The molecule has 0 spiro atoms. The number of nitrogens with one attached hydrogen (secondary N) is 1. The highest BCUT2D eigenvalue weighted by Crippen LogP contribution is 2.32. The van der Waals surface area contributed by atoms with E-state index >= 15 is 0 Å². The normalized spacial score (nSPS) is 26.4. The summed E-state index contributed by atoms with van der Waals surface area (Å²) in [5, 5.41) is 12.9. The van der Waals surface area contributed by atoms with E-state index in [0.29, 0.717) is 12.6 Å². The van der Waals surface area contributed by atoms with Crippen LogP contribution < -0.4 is 5.32 Å². The van der Waals surface area contributed by atoms with Gasteiger partial charge in [-0.25, -0.2) is 0 Å². The summed E-state index contributed by atoms with van der Waals surface area (Å²) in [5.41, 5.74) is 0. The fourth-order valence-corrected chi connectivity index (χ4v) is 3.84. The Morgan fingerprint density at radius 1 is 1.14 bits per heavy atom. The largest absolute Gasteiger partial charge is 0.396 e. The smallest absolute Gasteiger partial charge is 0.0443 e. The van der Waals surface area contributed by atoms with Crippen LogP contribution in [0.1, 0.15) is 65.7 Å². The summed E-state index contributed by atoms with van der Waals surface area (Å²) in [5.74, 6) is 1.73. The highest BCUT2D eigenvalue weighted by Gasteiger charge is 2.30. The third-order valence-corrected chi connectivity index (χ3v) is 5.02. The molecule has 3 heteroatoms. The lowest BCUT2D eigenvalue weighted by molar-refractivity contribution is 0.132. The molecule has 126 valence electrons. The second-order valence-electron chi connectivity index (χ2n) is 6.76. The van der Waals surface area contributed by atoms with Crippen molar-refractivity contribution in [2.45, 2.75) is 71.8 Å². The van der Waals surface area contributed by atoms with Crippen molar-refractivity contribution in [2.75, 3.05) is 32.8 Å². The first-order chi connectivity index (χ1) is 10.2. The zero-order chi connectivity index (χ0) is 15.5. The zero-order valence-corrected chi connectivity index (χ0v) is 14.6. The van der Waals surface area contributed by atoms with Crippen LogP contribution in [0.25, 0.3) is 0 Å². The number of hydrogen-bond acceptors (Lipinski definition) is 3. The maximum atomic E-state index is 9.06. The molecule has 0 aromatic rings. The quantitative estimate of drug-likeness (QED) is 0.614. The molecule has 1 aliphatic carbocycles. The van der Waals surface area contributed by atoms with Crippen LogP contribution in [0.2, 0.25) is 0 Å². The first-order valence-corrected chi connectivity index (χ1v) is 9.31. The second-order valence-corrected chi connectivity index (χ2v) is 6.76. The molecule has 0 radical (unpaired) electrons. The van der Waals surface area contributed by atoms with Crippen molar-refractivity contribution in [1.82, 2.24) is 10.2 Å². The molecule has 3 unspecified atom stereocenters. The van der Waals surface area contributed by atoms with Crippen LogP contribution in [0, 0.1) is 11.8 Å². The van der Waals surface area contributed by atoms with Gasteiger partial charge in [0.25, 0.3) is 0 Å². The van der Waals surface area contributed by atoms with Crippen LogP contribution in [0.5, 0.6) is 0 Å². The molecule has 2 N–H and O–H groups in total. The minimum absolute atomic E-state index is 0.317. The van der Waals surface area contributed by atoms with Crippen LogP contribution in [-0.2, 0) is 0 Å². The van der Waals surface area contributed by atoms with Gasteiger partial charge in [0.2, 0.25) is 0 Å². The van der Waals surface area contributed by atoms with E-state index < -0.39 is 0 Å². The summed E-state index contributed by atoms with van der Waals surface area (Å²) in [4.78, 5) is 2.54. The zero-order valence-electron chi connectivity index (χ0n) is 14.6. The SMILES string of the molecule is CCCNC1CCC(CCC)CC1CN(CC)CCCO. The van der Waals surface area contributed by atoms with Crippen LogP contribution in [0.4, 0.5) is 0 Å². The number of nitrogens with zero attached hydrogens (tertiary/aromatic N) is 1. The Morgan fingerprint density at radius 2 is 1.95 bits per heavy atom. The molecule has 0 aromatic carbocycles. The van der Waals surface area contributed by atoms with E-state index in [2.05, 4.69) is 31.0 Å². The molecule has 0 amide bonds. The molecule has 0 aromatic heterocycles. The predicted octanol–water partition coefficient (Wildman–Crippen LogP) is 3.28. The first-order valence-electron chi connectivity index (χ1n) is 9.31. The molecule has 1 aliphatic rings. The lowest BCUT2D eigenvalue weighted by atomic mass is 9.76. The summed E-state index contributed by atoms with van der Waals surface area (Å²) >= 11 is 0. The van der Waals surface area contributed by atoms with Gasteiger partial charge in [0.05, 0.1) is 0 Å². The molecule has 3 nitrogen and oxygen atoms in total. The summed E-state index contributed by atoms with van der Waals surface area (Å²) in [7, 11) is 0. The van der Waals surface area contributed by atoms with Gasteiger partial charge in [-0.15, -0.1) is 0 Å². The van der Waals surface area contributed by atoms with Crippen LogP contribution in [0.15, 0.2) is 0 Å². The van der Waals surface area contributed by atoms with Gasteiger partial charge in [-0.2, -0.15) is 0 Å². The Balaban J connectivity index is 2.54. The van der Waals surface area contributed by atoms with Crippen molar-refractivity contribution >= 4 is 0 Å². The van der Waals surface area contributed by atoms with Crippen molar-refractivity contribution < 1.29 is 5.11 Å². The van der Waals surface area contributed by atoms with E-state index in [-0.39, 0.29) is 0 Å². The molecule has 0 bridgehead atoms. The molecule has 1 saturated carbocycles. The van der Waals surface area contributed by atoms with Crippen molar-refractivity contribution in [3.05, 3.63) is 0 Å². The fourth-order valence-electron chi connectivity index (χ4n) is 3.84. The third kappa shape index (κ3) is 7.12. The minimum atomic E-state index is 0.317. The van der Waals surface area contributed by atoms with Gasteiger partial charge >= 0.3 is 0 Å². The molecule has 21 heavy (non-hydrogen) atoms. The van der Waals surface area contributed by atoms with E-state index in [0.717, 1.165) is 37.9 Å². The summed E-state index contributed by atoms with van der Waals surface area (Å²) in [6.07, 6.45) is 9.02. The van der Waals surface area contributed by atoms with Gasteiger partial charge in [0, 0.05) is 25.7 Å². The van der Waals surface area contributed by atoms with Gasteiger partial charge in [0.1, 0.15) is 0 Å². The average molecular weight is 299 g/mol. The van der Waals surface area contributed by atoms with Gasteiger partial charge in [-0.05, 0) is 57.0 Å². The van der Waals surface area contributed by atoms with E-state index in [1.165, 1.54) is 45.1 Å². The van der Waals surface area contributed by atoms with Crippen molar-refractivity contribution in [2.24, 2.45) is 11.8 Å². The summed E-state index contributed by atoms with van der Waals surface area (Å²) in [6, 6.07) is 0.709. The second kappa shape index (κ2) is 11.4. The highest BCUT2D eigenvalue weighted by atomic mass is 16.3. The molecule has 1 fully saturated rings. The van der Waals surface area contributed by atoms with Crippen molar-refractivity contribution in [3.8, 4) is 0 Å². The first kappa shape index (κ1) is 18.9. The van der Waals surface area contributed by atoms with Gasteiger partial charge in [0.15, 0.2) is 0 Å². The lowest BCUT2D eigenvalue weighted by Gasteiger charge is -2.39. The summed E-state index contributed by atoms with van der Waals surface area (Å²) < 4.78 is 0. The van der Waals surface area contributed by atoms with Crippen LogP contribution in [-0.4, -0.2) is 48.8 Å². The van der Waals surface area contributed by atoms with Crippen LogP contribution >= 0.6 is 0 Å². The van der Waals surface area contributed by atoms with Gasteiger partial charge < -0.3 is 15.3 Å². The predicted molar refractivity (Wildman–Crippen MR) is 91.6 cm³/mol. The van der Waals surface area contributed by atoms with E-state index in [1.807, 2.05) is 0 Å². The Morgan fingerprint density at radius 3 is 2.57 bits per heavy atom. The average Bonchev–Trinajstić information content (AvgIpc) is 2.50. The Kier molecular flexibility index (Phi) is 10.3. The van der Waals surface area contributed by atoms with Crippen LogP contribution in [0.3, 0.4) is 0 Å². The maximum absolute atomic E-state index is 9.06. The number of aliphatic hydroxyl groups excluding tert-OH is 1. The van der Waals surface area contributed by atoms with Crippen molar-refractivity contribution in [1.29, 1.82) is 0 Å². The van der Waals surface area contributed by atoms with Crippen molar-refractivity contribution in [3.63, 3.8) is 0 Å². The number of hydrogen-bond donors (Lipinski definition) is 2.